The minimum absolute atomic E-state index is 0.150. The first-order valence-corrected chi connectivity index (χ1v) is 12.7. The highest BCUT2D eigenvalue weighted by Gasteiger charge is 2.17. The van der Waals surface area contributed by atoms with E-state index in [2.05, 4.69) is 0 Å². The number of nitriles is 1. The molecule has 0 saturated carbocycles. The van der Waals surface area contributed by atoms with E-state index in [1.807, 2.05) is 60.1 Å². The summed E-state index contributed by atoms with van der Waals surface area (Å²) in [4.78, 5) is 26.6. The first-order valence-electron chi connectivity index (χ1n) is 10.6. The number of rotatable bonds is 5. The van der Waals surface area contributed by atoms with E-state index < -0.39 is 11.5 Å². The molecule has 2 N–H and O–H groups in total. The molecule has 0 bridgehead atoms. The molecule has 0 aliphatic heterocycles. The third-order valence-corrected chi connectivity index (χ3v) is 7.51. The van der Waals surface area contributed by atoms with E-state index >= 15 is 0 Å². The number of primary amides is 1. The average molecular weight is 530 g/mol. The Bertz CT molecular complexity index is 1790. The highest BCUT2D eigenvalue weighted by Crippen LogP contribution is 2.28. The molecule has 1 amide bonds. The third-order valence-electron chi connectivity index (χ3n) is 5.28. The number of thiazole rings is 1. The van der Waals surface area contributed by atoms with Crippen molar-refractivity contribution in [3.05, 3.63) is 108 Å². The van der Waals surface area contributed by atoms with Crippen molar-refractivity contribution in [2.24, 2.45) is 5.73 Å². The van der Waals surface area contributed by atoms with Gasteiger partial charge in [0.05, 0.1) is 20.8 Å². The van der Waals surface area contributed by atoms with Gasteiger partial charge in [-0.05, 0) is 53.9 Å². The Morgan fingerprint density at radius 1 is 1.06 bits per heavy atom. The number of thiophene rings is 1. The van der Waals surface area contributed by atoms with E-state index in [0.29, 0.717) is 26.5 Å². The van der Waals surface area contributed by atoms with Crippen molar-refractivity contribution in [3.8, 4) is 28.0 Å². The lowest BCUT2D eigenvalue weighted by molar-refractivity contribution is -0.112. The number of nitrogens with zero attached hydrogens (tertiary/aromatic N) is 4. The second-order valence-electron chi connectivity index (χ2n) is 7.57. The fourth-order valence-electron chi connectivity index (χ4n) is 3.63. The normalized spacial score (nSPS) is 12.4. The molecule has 0 fully saturated rings. The van der Waals surface area contributed by atoms with E-state index in [1.165, 1.54) is 15.9 Å². The number of para-hydroxylation sites is 1. The van der Waals surface area contributed by atoms with Gasteiger partial charge in [-0.1, -0.05) is 35.9 Å². The van der Waals surface area contributed by atoms with Crippen LogP contribution in [0, 0.1) is 11.3 Å². The van der Waals surface area contributed by atoms with Crippen molar-refractivity contribution in [1.82, 2.24) is 14.3 Å². The van der Waals surface area contributed by atoms with Crippen molar-refractivity contribution in [2.45, 2.75) is 0 Å². The van der Waals surface area contributed by atoms with E-state index in [4.69, 9.17) is 22.4 Å². The van der Waals surface area contributed by atoms with Crippen LogP contribution in [0.4, 0.5) is 0 Å². The van der Waals surface area contributed by atoms with Crippen LogP contribution in [0.1, 0.15) is 5.56 Å². The minimum atomic E-state index is -0.913. The van der Waals surface area contributed by atoms with Crippen LogP contribution in [0.5, 0.6) is 0 Å². The van der Waals surface area contributed by atoms with Crippen molar-refractivity contribution in [2.75, 3.05) is 0 Å². The van der Waals surface area contributed by atoms with E-state index in [1.54, 1.807) is 35.0 Å². The van der Waals surface area contributed by atoms with Crippen LogP contribution in [0.3, 0.4) is 0 Å². The van der Waals surface area contributed by atoms with Crippen molar-refractivity contribution >= 4 is 51.8 Å². The number of benzene rings is 2. The molecular formula is C26H16ClN5O2S2. The monoisotopic (exact) mass is 529 g/mol. The van der Waals surface area contributed by atoms with Crippen LogP contribution >= 0.6 is 34.3 Å². The van der Waals surface area contributed by atoms with Crippen LogP contribution < -0.4 is 20.5 Å². The molecule has 0 aliphatic rings. The summed E-state index contributed by atoms with van der Waals surface area (Å²) in [6.07, 6.45) is 3.57. The molecule has 3 heterocycles. The molecular weight excluding hydrogens is 514 g/mol. The molecule has 7 nitrogen and oxygen atoms in total. The molecule has 176 valence electrons. The van der Waals surface area contributed by atoms with Crippen molar-refractivity contribution < 1.29 is 4.79 Å². The molecule has 2 aromatic carbocycles. The molecule has 0 unspecified atom stereocenters. The Morgan fingerprint density at radius 3 is 2.44 bits per heavy atom. The summed E-state index contributed by atoms with van der Waals surface area (Å²) in [5.41, 5.74) is 7.53. The van der Waals surface area contributed by atoms with Crippen LogP contribution in [0.2, 0.25) is 5.02 Å². The van der Waals surface area contributed by atoms with Gasteiger partial charge in [-0.25, -0.2) is 4.68 Å². The van der Waals surface area contributed by atoms with Gasteiger partial charge < -0.3 is 5.73 Å². The average Bonchev–Trinajstić information content (AvgIpc) is 3.61. The number of amides is 1. The standard InChI is InChI=1S/C26H16ClN5O2S2/c27-17-8-10-19(11-9-17)32-25(34)22(36-26(32)20(14-28)24(29)33)13-16-15-31(18-5-2-1-3-6-18)30-23(16)21-7-4-12-35-21/h1-13,15H,(H2,29,33)/b22-13-,26-20+. The number of carbonyl (C=O) groups excluding carboxylic acids is 1. The summed E-state index contributed by atoms with van der Waals surface area (Å²) in [6, 6.07) is 21.9. The molecule has 36 heavy (non-hydrogen) atoms. The molecule has 5 aromatic rings. The maximum Gasteiger partial charge on any atom is 0.273 e. The van der Waals surface area contributed by atoms with Gasteiger partial charge in [0.1, 0.15) is 16.4 Å². The van der Waals surface area contributed by atoms with Crippen LogP contribution in [-0.4, -0.2) is 20.3 Å². The number of nitrogens with two attached hydrogens (primary N) is 1. The maximum atomic E-state index is 13.6. The van der Waals surface area contributed by atoms with Crippen LogP contribution in [0.25, 0.3) is 33.6 Å². The summed E-state index contributed by atoms with van der Waals surface area (Å²) in [6.45, 7) is 0. The SMILES string of the molecule is N#C/C(C(N)=O)=c1\s/c(=C\c2cn(-c3ccccc3)nc2-c2cccs2)c(=O)n1-c1ccc(Cl)cc1. The van der Waals surface area contributed by atoms with Gasteiger partial charge in [-0.2, -0.15) is 10.4 Å². The van der Waals surface area contributed by atoms with Gasteiger partial charge in [0.15, 0.2) is 5.57 Å². The molecule has 3 aromatic heterocycles. The fraction of sp³-hybridized carbons (Fsp3) is 0. The summed E-state index contributed by atoms with van der Waals surface area (Å²) in [5.74, 6) is -0.913. The minimum Gasteiger partial charge on any atom is -0.365 e. The lowest BCUT2D eigenvalue weighted by atomic mass is 10.2. The van der Waals surface area contributed by atoms with Gasteiger partial charge >= 0.3 is 0 Å². The zero-order valence-corrected chi connectivity index (χ0v) is 20.8. The van der Waals surface area contributed by atoms with Crippen molar-refractivity contribution in [1.29, 1.82) is 5.26 Å². The molecule has 0 aliphatic carbocycles. The zero-order chi connectivity index (χ0) is 25.2. The van der Waals surface area contributed by atoms with Gasteiger partial charge in [-0.3, -0.25) is 14.2 Å². The highest BCUT2D eigenvalue weighted by molar-refractivity contribution is 7.13. The van der Waals surface area contributed by atoms with Gasteiger partial charge in [-0.15, -0.1) is 22.7 Å². The first-order chi connectivity index (χ1) is 17.5. The highest BCUT2D eigenvalue weighted by atomic mass is 35.5. The van der Waals surface area contributed by atoms with Gasteiger partial charge in [0.2, 0.25) is 0 Å². The quantitative estimate of drug-likeness (QED) is 0.376. The summed E-state index contributed by atoms with van der Waals surface area (Å²) >= 11 is 8.58. The number of carbonyl (C=O) groups is 1. The lowest BCUT2D eigenvalue weighted by Crippen LogP contribution is -2.32. The second-order valence-corrected chi connectivity index (χ2v) is 9.99. The number of hydrogen-bond acceptors (Lipinski definition) is 6. The Hall–Kier alpha value is -4.23. The Morgan fingerprint density at radius 2 is 1.81 bits per heavy atom. The molecule has 0 radical (unpaired) electrons. The smallest absolute Gasteiger partial charge is 0.273 e. The zero-order valence-electron chi connectivity index (χ0n) is 18.5. The molecule has 0 atom stereocenters. The number of halogens is 1. The summed E-state index contributed by atoms with van der Waals surface area (Å²) < 4.78 is 3.53. The first kappa shape index (κ1) is 23.5. The predicted molar refractivity (Wildman–Crippen MR) is 143 cm³/mol. The van der Waals surface area contributed by atoms with E-state index in [0.717, 1.165) is 21.9 Å². The topological polar surface area (TPSA) is 107 Å². The van der Waals surface area contributed by atoms with Gasteiger partial charge in [0.25, 0.3) is 11.5 Å². The van der Waals surface area contributed by atoms with E-state index in [-0.39, 0.29) is 10.2 Å². The number of hydrogen-bond donors (Lipinski definition) is 1. The maximum absolute atomic E-state index is 13.6. The second kappa shape index (κ2) is 9.79. The largest absolute Gasteiger partial charge is 0.365 e. The van der Waals surface area contributed by atoms with Crippen molar-refractivity contribution in [3.63, 3.8) is 0 Å². The number of aromatic nitrogens is 3. The van der Waals surface area contributed by atoms with E-state index in [9.17, 15) is 14.9 Å². The third kappa shape index (κ3) is 4.41. The predicted octanol–water partition coefficient (Wildman–Crippen LogP) is 3.45. The molecule has 5 rings (SSSR count). The summed E-state index contributed by atoms with van der Waals surface area (Å²) in [7, 11) is 0. The molecule has 0 spiro atoms. The summed E-state index contributed by atoms with van der Waals surface area (Å²) in [5, 5.41) is 16.8. The fourth-order valence-corrected chi connectivity index (χ4v) is 5.59. The Kier molecular flexibility index (Phi) is 6.40. The van der Waals surface area contributed by atoms with Gasteiger partial charge in [0, 0.05) is 16.8 Å². The molecule has 0 saturated heterocycles. The van der Waals surface area contributed by atoms with Crippen LogP contribution in [-0.2, 0) is 4.79 Å². The molecule has 10 heteroatoms. The Balaban J connectivity index is 1.80. The van der Waals surface area contributed by atoms with Crippen LogP contribution in [0.15, 0.2) is 83.1 Å². The lowest BCUT2D eigenvalue weighted by Gasteiger charge is -2.02. The Labute approximate surface area is 217 Å².